The lowest BCUT2D eigenvalue weighted by Crippen LogP contribution is -1.87. The molecule has 1 heterocycles. The summed E-state index contributed by atoms with van der Waals surface area (Å²) < 4.78 is 1.22. The number of nitrogens with zero attached hydrogens (tertiary/aromatic N) is 1. The van der Waals surface area contributed by atoms with E-state index in [9.17, 15) is 5.11 Å². The lowest BCUT2D eigenvalue weighted by Gasteiger charge is -1.97. The van der Waals surface area contributed by atoms with Crippen molar-refractivity contribution in [1.82, 2.24) is 0 Å². The summed E-state index contributed by atoms with van der Waals surface area (Å²) >= 11 is 3.63. The molecule has 1 aliphatic heterocycles. The van der Waals surface area contributed by atoms with Gasteiger partial charge in [-0.15, -0.1) is 0 Å². The molecule has 0 aliphatic carbocycles. The molecule has 0 N–H and O–H groups in total. The van der Waals surface area contributed by atoms with E-state index in [4.69, 9.17) is 0 Å². The Bertz CT molecular complexity index is 138. The summed E-state index contributed by atoms with van der Waals surface area (Å²) in [6, 6.07) is 0. The third-order valence-corrected chi connectivity index (χ3v) is 3.66. The van der Waals surface area contributed by atoms with E-state index in [0.717, 1.165) is 30.9 Å². The minimum atomic E-state index is 0.0696. The van der Waals surface area contributed by atoms with Gasteiger partial charge in [-0.25, -0.2) is 5.11 Å². The fourth-order valence-electron chi connectivity index (χ4n) is 0.766. The van der Waals surface area contributed by atoms with Gasteiger partial charge in [-0.3, -0.25) is 4.99 Å². The monoisotopic (exact) mass is 190 g/mol. The van der Waals surface area contributed by atoms with Crippen molar-refractivity contribution in [3.8, 4) is 0 Å². The highest BCUT2D eigenvalue weighted by Crippen LogP contribution is 2.22. The molecule has 0 spiro atoms. The normalized spacial score (nSPS) is 17.0. The average Bonchev–Trinajstić information content (AvgIpc) is 2.50. The van der Waals surface area contributed by atoms with Crippen LogP contribution in [0.3, 0.4) is 0 Å². The minimum Gasteiger partial charge on any atom is -0.271 e. The summed E-state index contributed by atoms with van der Waals surface area (Å²) in [5.41, 5.74) is 0. The predicted molar refractivity (Wildman–Crippen MR) is 52.0 cm³/mol. The molecule has 0 aromatic carbocycles. The van der Waals surface area contributed by atoms with Crippen molar-refractivity contribution in [2.24, 2.45) is 4.99 Å². The van der Waals surface area contributed by atoms with Crippen molar-refractivity contribution in [1.29, 1.82) is 0 Å². The summed E-state index contributed by atoms with van der Waals surface area (Å²) in [5.74, 6) is 2.21. The summed E-state index contributed by atoms with van der Waals surface area (Å²) in [6.07, 6.45) is 1.85. The van der Waals surface area contributed by atoms with Crippen molar-refractivity contribution in [2.45, 2.75) is 12.8 Å². The van der Waals surface area contributed by atoms with Crippen LogP contribution in [0.1, 0.15) is 12.8 Å². The number of thioether (sulfide) groups is 2. The van der Waals surface area contributed by atoms with E-state index < -0.39 is 0 Å². The SMILES string of the molecule is [O]CCCCSC1=NCCS1. The quantitative estimate of drug-likeness (QED) is 0.635. The molecule has 11 heavy (non-hydrogen) atoms. The first-order valence-corrected chi connectivity index (χ1v) is 5.79. The summed E-state index contributed by atoms with van der Waals surface area (Å²) in [5, 5.41) is 10.1. The van der Waals surface area contributed by atoms with Crippen LogP contribution in [0.4, 0.5) is 0 Å². The van der Waals surface area contributed by atoms with Crippen molar-refractivity contribution >= 4 is 27.9 Å². The Morgan fingerprint density at radius 1 is 1.55 bits per heavy atom. The molecule has 0 bridgehead atoms. The minimum absolute atomic E-state index is 0.0696. The maximum absolute atomic E-state index is 10.1. The van der Waals surface area contributed by atoms with Crippen LogP contribution < -0.4 is 0 Å². The molecular weight excluding hydrogens is 178 g/mol. The predicted octanol–water partition coefficient (Wildman–Crippen LogP) is 2.03. The van der Waals surface area contributed by atoms with E-state index in [-0.39, 0.29) is 6.61 Å². The molecule has 0 aromatic heterocycles. The Labute approximate surface area is 75.9 Å². The molecule has 1 radical (unpaired) electrons. The molecule has 4 heteroatoms. The highest BCUT2D eigenvalue weighted by molar-refractivity contribution is 8.39. The van der Waals surface area contributed by atoms with Gasteiger partial charge in [-0.2, -0.15) is 0 Å². The van der Waals surface area contributed by atoms with Crippen LogP contribution >= 0.6 is 23.5 Å². The lowest BCUT2D eigenvalue weighted by atomic mass is 10.4. The summed E-state index contributed by atoms with van der Waals surface area (Å²) in [6.45, 7) is 1.05. The Hall–Kier alpha value is 0.330. The van der Waals surface area contributed by atoms with Gasteiger partial charge in [0.05, 0.1) is 13.2 Å². The van der Waals surface area contributed by atoms with Gasteiger partial charge in [0.25, 0.3) is 0 Å². The third kappa shape index (κ3) is 4.03. The van der Waals surface area contributed by atoms with Crippen LogP contribution in [0.5, 0.6) is 0 Å². The highest BCUT2D eigenvalue weighted by atomic mass is 32.2. The topological polar surface area (TPSA) is 32.3 Å². The Balaban J connectivity index is 1.94. The van der Waals surface area contributed by atoms with Gasteiger partial charge in [0, 0.05) is 11.5 Å². The molecule has 0 fully saturated rings. The maximum Gasteiger partial charge on any atom is 0.124 e. The first kappa shape index (κ1) is 9.42. The molecule has 63 valence electrons. The van der Waals surface area contributed by atoms with E-state index in [1.165, 1.54) is 4.38 Å². The first-order valence-electron chi connectivity index (χ1n) is 3.81. The molecule has 0 unspecified atom stereocenters. The van der Waals surface area contributed by atoms with Crippen LogP contribution in [0, 0.1) is 0 Å². The van der Waals surface area contributed by atoms with Crippen molar-refractivity contribution in [3.05, 3.63) is 0 Å². The molecule has 0 saturated carbocycles. The van der Waals surface area contributed by atoms with Crippen molar-refractivity contribution in [2.75, 3.05) is 24.7 Å². The fourth-order valence-corrected chi connectivity index (χ4v) is 2.85. The number of unbranched alkanes of at least 4 members (excludes halogenated alkanes) is 1. The van der Waals surface area contributed by atoms with Gasteiger partial charge < -0.3 is 0 Å². The van der Waals surface area contributed by atoms with E-state index in [0.29, 0.717) is 0 Å². The van der Waals surface area contributed by atoms with Crippen molar-refractivity contribution < 1.29 is 5.11 Å². The van der Waals surface area contributed by atoms with E-state index in [1.807, 2.05) is 11.8 Å². The Morgan fingerprint density at radius 2 is 2.45 bits per heavy atom. The van der Waals surface area contributed by atoms with Crippen LogP contribution in [0.15, 0.2) is 4.99 Å². The number of hydrogen-bond donors (Lipinski definition) is 0. The zero-order chi connectivity index (χ0) is 7.94. The molecule has 1 aliphatic rings. The van der Waals surface area contributed by atoms with Crippen LogP contribution in [0.2, 0.25) is 0 Å². The van der Waals surface area contributed by atoms with Gasteiger partial charge in [0.15, 0.2) is 0 Å². The maximum atomic E-state index is 10.1. The number of hydrogen-bond acceptors (Lipinski definition) is 3. The molecule has 2 nitrogen and oxygen atoms in total. The second-order valence-corrected chi connectivity index (χ2v) is 4.68. The summed E-state index contributed by atoms with van der Waals surface area (Å²) in [7, 11) is 0. The lowest BCUT2D eigenvalue weighted by molar-refractivity contribution is 0.188. The van der Waals surface area contributed by atoms with Crippen LogP contribution in [-0.4, -0.2) is 29.0 Å². The fraction of sp³-hybridized carbons (Fsp3) is 0.857. The van der Waals surface area contributed by atoms with E-state index in [2.05, 4.69) is 4.99 Å². The highest BCUT2D eigenvalue weighted by Gasteiger charge is 2.06. The third-order valence-electron chi connectivity index (χ3n) is 1.32. The van der Waals surface area contributed by atoms with E-state index in [1.54, 1.807) is 11.8 Å². The Kier molecular flexibility index (Phi) is 5.06. The molecule has 0 atom stereocenters. The average molecular weight is 190 g/mol. The second kappa shape index (κ2) is 5.91. The van der Waals surface area contributed by atoms with Gasteiger partial charge >= 0.3 is 0 Å². The number of rotatable bonds is 4. The number of aliphatic imine (C=N–C) groups is 1. The molecule has 0 saturated heterocycles. The largest absolute Gasteiger partial charge is 0.271 e. The molecule has 1 rings (SSSR count). The van der Waals surface area contributed by atoms with E-state index >= 15 is 0 Å². The van der Waals surface area contributed by atoms with Crippen LogP contribution in [0.25, 0.3) is 0 Å². The summed E-state index contributed by atoms with van der Waals surface area (Å²) in [4.78, 5) is 4.30. The van der Waals surface area contributed by atoms with Gasteiger partial charge in [-0.05, 0) is 12.8 Å². The molecule has 0 aromatic rings. The second-order valence-electron chi connectivity index (χ2n) is 2.26. The zero-order valence-corrected chi connectivity index (χ0v) is 8.05. The van der Waals surface area contributed by atoms with Gasteiger partial charge in [0.2, 0.25) is 0 Å². The van der Waals surface area contributed by atoms with Gasteiger partial charge in [-0.1, -0.05) is 23.5 Å². The first-order chi connectivity index (χ1) is 5.43. The molecular formula is C7H12NOS2. The Morgan fingerprint density at radius 3 is 3.09 bits per heavy atom. The smallest absolute Gasteiger partial charge is 0.124 e. The molecule has 0 amide bonds. The zero-order valence-electron chi connectivity index (χ0n) is 6.41. The standard InChI is InChI=1S/C7H12NOS2/c9-4-1-2-5-10-7-8-3-6-11-7/h1-6H2. The van der Waals surface area contributed by atoms with Crippen LogP contribution in [-0.2, 0) is 5.11 Å². The van der Waals surface area contributed by atoms with Gasteiger partial charge in [0.1, 0.15) is 4.38 Å². The van der Waals surface area contributed by atoms with Crippen molar-refractivity contribution in [3.63, 3.8) is 0 Å².